The smallest absolute Gasteiger partial charge is 0.265 e. The summed E-state index contributed by atoms with van der Waals surface area (Å²) in [6.07, 6.45) is 2.01. The van der Waals surface area contributed by atoms with Crippen LogP contribution in [0, 0.1) is 19.7 Å². The van der Waals surface area contributed by atoms with Crippen molar-refractivity contribution in [1.29, 1.82) is 0 Å². The zero-order valence-corrected chi connectivity index (χ0v) is 20.5. The highest BCUT2D eigenvalue weighted by Gasteiger charge is 2.37. The van der Waals surface area contributed by atoms with Gasteiger partial charge in [-0.2, -0.15) is 0 Å². The molecule has 35 heavy (non-hydrogen) atoms. The number of rotatable bonds is 10. The Kier molecular flexibility index (Phi) is 8.34. The van der Waals surface area contributed by atoms with Crippen LogP contribution in [0.1, 0.15) is 59.6 Å². The first-order valence-electron chi connectivity index (χ1n) is 11.8. The zero-order chi connectivity index (χ0) is 25.7. The molecule has 9 heteroatoms. The van der Waals surface area contributed by atoms with Crippen molar-refractivity contribution in [2.24, 2.45) is 0 Å². The topological polar surface area (TPSA) is 103 Å². The van der Waals surface area contributed by atoms with E-state index in [9.17, 15) is 23.6 Å². The van der Waals surface area contributed by atoms with E-state index >= 15 is 0 Å². The molecule has 2 aromatic rings. The van der Waals surface area contributed by atoms with Gasteiger partial charge in [0.2, 0.25) is 5.91 Å². The number of halogens is 1. The molecule has 0 spiro atoms. The number of carbonyl (C=O) groups is 4. The number of nitrogens with zero attached hydrogens (tertiary/aromatic N) is 2. The number of carbonyl (C=O) groups excluding carboxylic acids is 4. The summed E-state index contributed by atoms with van der Waals surface area (Å²) in [5, 5.41) is 2.94. The maximum Gasteiger partial charge on any atom is 0.265 e. The van der Waals surface area contributed by atoms with E-state index in [0.29, 0.717) is 35.3 Å². The van der Waals surface area contributed by atoms with Crippen LogP contribution in [0.25, 0.3) is 11.6 Å². The van der Waals surface area contributed by atoms with Crippen molar-refractivity contribution in [1.82, 2.24) is 15.2 Å². The molecule has 2 N–H and O–H groups in total. The van der Waals surface area contributed by atoms with Gasteiger partial charge in [0.1, 0.15) is 12.1 Å². The second kappa shape index (κ2) is 11.2. The molecule has 1 aromatic carbocycles. The minimum absolute atomic E-state index is 0.0140. The van der Waals surface area contributed by atoms with E-state index in [2.05, 4.69) is 29.0 Å². The van der Waals surface area contributed by atoms with Crippen molar-refractivity contribution in [3.05, 3.63) is 52.1 Å². The fourth-order valence-electron chi connectivity index (χ4n) is 4.30. The average molecular weight is 483 g/mol. The Hall–Kier alpha value is -3.59. The molecule has 1 aliphatic rings. The Morgan fingerprint density at radius 3 is 2.57 bits per heavy atom. The summed E-state index contributed by atoms with van der Waals surface area (Å²) in [5.74, 6) is -1.90. The Morgan fingerprint density at radius 1 is 1.20 bits per heavy atom. The minimum atomic E-state index is -0.599. The molecule has 0 saturated heterocycles. The summed E-state index contributed by atoms with van der Waals surface area (Å²) in [6, 6.07) is 3.77. The molecule has 3 rings (SSSR count). The fraction of sp³-hybridized carbons (Fsp3) is 0.385. The highest BCUT2D eigenvalue weighted by molar-refractivity contribution is 6.42. The Balaban J connectivity index is 1.92. The molecule has 2 heterocycles. The predicted molar refractivity (Wildman–Crippen MR) is 132 cm³/mol. The number of aldehydes is 1. The number of aryl methyl sites for hydroxylation is 1. The second-order valence-corrected chi connectivity index (χ2v) is 8.41. The van der Waals surface area contributed by atoms with Crippen LogP contribution in [0.15, 0.2) is 18.2 Å². The van der Waals surface area contributed by atoms with Crippen molar-refractivity contribution >= 4 is 41.3 Å². The predicted octanol–water partition coefficient (Wildman–Crippen LogP) is 3.24. The largest absolute Gasteiger partial charge is 0.358 e. The van der Waals surface area contributed by atoms with Crippen molar-refractivity contribution in [2.45, 2.75) is 40.5 Å². The van der Waals surface area contributed by atoms with Gasteiger partial charge in [0.15, 0.2) is 0 Å². The number of hydrogen-bond donors (Lipinski definition) is 2. The van der Waals surface area contributed by atoms with Crippen LogP contribution in [-0.2, 0) is 14.4 Å². The van der Waals surface area contributed by atoms with E-state index < -0.39 is 17.6 Å². The zero-order valence-electron chi connectivity index (χ0n) is 20.5. The standard InChI is InChI=1S/C26H31FN4O4/c1-5-30(6-2)12-11-28-25(34)24-16(3)21(29-17(24)4)15-20-19-14-18(27)9-10-22(19)31(26(20)35)23(33)8-7-13-32/h9-10,13-15,29H,5-8,11-12H2,1-4H3,(H,28,34)/b20-15-. The third-order valence-electron chi connectivity index (χ3n) is 6.25. The van der Waals surface area contributed by atoms with Crippen molar-refractivity contribution in [3.8, 4) is 0 Å². The number of imide groups is 1. The molecular weight excluding hydrogens is 451 g/mol. The average Bonchev–Trinajstić information content (AvgIpc) is 3.26. The van der Waals surface area contributed by atoms with Crippen molar-refractivity contribution in [3.63, 3.8) is 0 Å². The van der Waals surface area contributed by atoms with E-state index in [1.807, 2.05) is 0 Å². The van der Waals surface area contributed by atoms with E-state index in [4.69, 9.17) is 0 Å². The van der Waals surface area contributed by atoms with Crippen LogP contribution in [0.3, 0.4) is 0 Å². The number of aromatic amines is 1. The number of benzene rings is 1. The number of H-pyrrole nitrogens is 1. The molecule has 1 aliphatic heterocycles. The molecule has 0 bridgehead atoms. The summed E-state index contributed by atoms with van der Waals surface area (Å²) >= 11 is 0. The Morgan fingerprint density at radius 2 is 1.91 bits per heavy atom. The number of hydrogen-bond acceptors (Lipinski definition) is 5. The number of nitrogens with one attached hydrogen (secondary N) is 2. The molecule has 1 aromatic heterocycles. The van der Waals surface area contributed by atoms with Gasteiger partial charge in [0.05, 0.1) is 16.8 Å². The first-order valence-corrected chi connectivity index (χ1v) is 11.8. The molecule has 0 fully saturated rings. The fourth-order valence-corrected chi connectivity index (χ4v) is 4.30. The van der Waals surface area contributed by atoms with Crippen LogP contribution in [-0.4, -0.2) is 60.1 Å². The summed E-state index contributed by atoms with van der Waals surface area (Å²) < 4.78 is 14.1. The summed E-state index contributed by atoms with van der Waals surface area (Å²) in [4.78, 5) is 55.7. The lowest BCUT2D eigenvalue weighted by Gasteiger charge is -2.18. The Bertz CT molecular complexity index is 1180. The number of fused-ring (bicyclic) bond motifs is 1. The maximum absolute atomic E-state index is 14.1. The normalized spacial score (nSPS) is 14.1. The quantitative estimate of drug-likeness (QED) is 0.400. The van der Waals surface area contributed by atoms with Crippen LogP contribution in [0.4, 0.5) is 10.1 Å². The first kappa shape index (κ1) is 26.0. The van der Waals surface area contributed by atoms with Gasteiger partial charge < -0.3 is 20.0 Å². The van der Waals surface area contributed by atoms with Gasteiger partial charge >= 0.3 is 0 Å². The van der Waals surface area contributed by atoms with Crippen LogP contribution >= 0.6 is 0 Å². The molecule has 8 nitrogen and oxygen atoms in total. The SMILES string of the molecule is CCN(CC)CCNC(=O)c1c(C)[nH]c(/C=C2\C(=O)N(C(=O)CCC=O)c3ccc(F)cc32)c1C. The van der Waals surface area contributed by atoms with Gasteiger partial charge in [0.25, 0.3) is 11.8 Å². The van der Waals surface area contributed by atoms with Gasteiger partial charge in [-0.1, -0.05) is 13.8 Å². The van der Waals surface area contributed by atoms with E-state index in [-0.39, 0.29) is 35.6 Å². The minimum Gasteiger partial charge on any atom is -0.358 e. The third-order valence-corrected chi connectivity index (χ3v) is 6.25. The van der Waals surface area contributed by atoms with Gasteiger partial charge in [0, 0.05) is 42.9 Å². The number of aromatic nitrogens is 1. The number of amides is 3. The van der Waals surface area contributed by atoms with E-state index in [0.717, 1.165) is 24.5 Å². The van der Waals surface area contributed by atoms with Gasteiger partial charge in [-0.05, 0) is 56.8 Å². The van der Waals surface area contributed by atoms with Gasteiger partial charge in [-0.25, -0.2) is 9.29 Å². The second-order valence-electron chi connectivity index (χ2n) is 8.41. The highest BCUT2D eigenvalue weighted by Crippen LogP contribution is 2.39. The monoisotopic (exact) mass is 482 g/mol. The molecule has 0 saturated carbocycles. The molecule has 0 radical (unpaired) electrons. The summed E-state index contributed by atoms with van der Waals surface area (Å²) in [7, 11) is 0. The van der Waals surface area contributed by atoms with Gasteiger partial charge in [-0.3, -0.25) is 14.4 Å². The first-order chi connectivity index (χ1) is 16.7. The number of likely N-dealkylation sites (N-methyl/N-ethyl adjacent to an activating group) is 1. The maximum atomic E-state index is 14.1. The third kappa shape index (κ3) is 5.40. The van der Waals surface area contributed by atoms with Gasteiger partial charge in [-0.15, -0.1) is 0 Å². The van der Waals surface area contributed by atoms with Crippen LogP contribution < -0.4 is 10.2 Å². The summed E-state index contributed by atoms with van der Waals surface area (Å²) in [6.45, 7) is 10.7. The van der Waals surface area contributed by atoms with Crippen molar-refractivity contribution < 1.29 is 23.6 Å². The molecule has 0 unspecified atom stereocenters. The van der Waals surface area contributed by atoms with E-state index in [1.54, 1.807) is 19.9 Å². The lowest BCUT2D eigenvalue weighted by Crippen LogP contribution is -2.35. The molecule has 3 amide bonds. The Labute approximate surface area is 204 Å². The molecule has 186 valence electrons. The molecule has 0 aliphatic carbocycles. The molecule has 0 atom stereocenters. The molecular formula is C26H31FN4O4. The lowest BCUT2D eigenvalue weighted by atomic mass is 10.0. The number of anilines is 1. The van der Waals surface area contributed by atoms with E-state index in [1.165, 1.54) is 18.2 Å². The van der Waals surface area contributed by atoms with Crippen molar-refractivity contribution in [2.75, 3.05) is 31.1 Å². The lowest BCUT2D eigenvalue weighted by molar-refractivity contribution is -0.124. The van der Waals surface area contributed by atoms with Crippen LogP contribution in [0.5, 0.6) is 0 Å². The van der Waals surface area contributed by atoms with Crippen LogP contribution in [0.2, 0.25) is 0 Å². The summed E-state index contributed by atoms with van der Waals surface area (Å²) in [5.41, 5.74) is 2.99. The highest BCUT2D eigenvalue weighted by atomic mass is 19.1.